The number of aromatic nitrogens is 1. The number of hydrogen-bond acceptors (Lipinski definition) is 4. The molecule has 0 fully saturated rings. The van der Waals surface area contributed by atoms with E-state index < -0.39 is 49.6 Å². The molecule has 1 heterocycles. The molecule has 2 aromatic carbocycles. The lowest BCUT2D eigenvalue weighted by atomic mass is 10.2. The molecule has 0 bridgehead atoms. The minimum absolute atomic E-state index is 0.0324. The van der Waals surface area contributed by atoms with Crippen LogP contribution >= 0.6 is 11.6 Å². The smallest absolute Gasteiger partial charge is 0.412 e. The van der Waals surface area contributed by atoms with Crippen molar-refractivity contribution < 1.29 is 36.3 Å². The van der Waals surface area contributed by atoms with Crippen LogP contribution in [0, 0.1) is 11.6 Å². The second kappa shape index (κ2) is 11.2. The molecule has 0 aliphatic rings. The third-order valence-electron chi connectivity index (χ3n) is 4.63. The molecule has 3 rings (SSSR count). The summed E-state index contributed by atoms with van der Waals surface area (Å²) >= 11 is 5.78. The number of ether oxygens (including phenoxy) is 1. The molecule has 0 atom stereocenters. The molecule has 0 saturated heterocycles. The molecule has 0 aliphatic heterocycles. The van der Waals surface area contributed by atoms with Gasteiger partial charge in [-0.2, -0.15) is 13.2 Å². The summed E-state index contributed by atoms with van der Waals surface area (Å²) in [6.45, 7) is -3.10. The molecule has 0 saturated carbocycles. The number of halogens is 6. The zero-order valence-electron chi connectivity index (χ0n) is 17.8. The molecule has 7 nitrogen and oxygen atoms in total. The minimum atomic E-state index is -4.72. The fourth-order valence-electron chi connectivity index (χ4n) is 3.01. The van der Waals surface area contributed by atoms with E-state index in [0.29, 0.717) is 15.7 Å². The van der Waals surface area contributed by atoms with Crippen molar-refractivity contribution in [3.63, 3.8) is 0 Å². The number of nitrogens with zero attached hydrogens (tertiary/aromatic N) is 2. The van der Waals surface area contributed by atoms with Crippen LogP contribution in [0.5, 0.6) is 0 Å². The van der Waals surface area contributed by atoms with Gasteiger partial charge >= 0.3 is 18.3 Å². The van der Waals surface area contributed by atoms with Crippen molar-refractivity contribution in [2.75, 3.05) is 25.0 Å². The largest absolute Gasteiger partial charge is 0.447 e. The van der Waals surface area contributed by atoms with Gasteiger partial charge in [-0.15, -0.1) is 0 Å². The molecule has 3 aromatic rings. The molecule has 3 amide bonds. The number of amides is 3. The van der Waals surface area contributed by atoms with E-state index >= 15 is 0 Å². The molecule has 0 spiro atoms. The highest BCUT2D eigenvalue weighted by atomic mass is 35.5. The zero-order valence-corrected chi connectivity index (χ0v) is 18.6. The van der Waals surface area contributed by atoms with E-state index in [4.69, 9.17) is 16.3 Å². The van der Waals surface area contributed by atoms with Crippen LogP contribution in [0.25, 0.3) is 10.8 Å². The number of rotatable bonds is 7. The van der Waals surface area contributed by atoms with Gasteiger partial charge in [0.15, 0.2) is 0 Å². The first-order valence-corrected chi connectivity index (χ1v) is 10.4. The van der Waals surface area contributed by atoms with E-state index in [1.54, 1.807) is 0 Å². The molecule has 2 N–H and O–H groups in total. The molecule has 0 aliphatic carbocycles. The summed E-state index contributed by atoms with van der Waals surface area (Å²) < 4.78 is 70.5. The van der Waals surface area contributed by atoms with Crippen LogP contribution in [-0.4, -0.2) is 47.9 Å². The number of alkyl halides is 3. The summed E-state index contributed by atoms with van der Waals surface area (Å²) in [6.07, 6.45) is -4.36. The molecule has 0 radical (unpaired) electrons. The topological polar surface area (TPSA) is 83.6 Å². The number of urea groups is 1. The molecule has 35 heavy (non-hydrogen) atoms. The van der Waals surface area contributed by atoms with Crippen molar-refractivity contribution in [3.05, 3.63) is 70.9 Å². The number of carbonyl (C=O) groups is 2. The van der Waals surface area contributed by atoms with Crippen LogP contribution < -0.4 is 10.6 Å². The fourth-order valence-corrected chi connectivity index (χ4v) is 3.20. The second-order valence-electron chi connectivity index (χ2n) is 7.23. The summed E-state index contributed by atoms with van der Waals surface area (Å²) in [7, 11) is 0. The number of fused-ring (bicyclic) bond motifs is 1. The monoisotopic (exact) mass is 516 g/mol. The van der Waals surface area contributed by atoms with Crippen LogP contribution in [0.2, 0.25) is 5.02 Å². The normalized spacial score (nSPS) is 11.3. The molecular formula is C22H18ClF5N4O3. The Morgan fingerprint density at radius 2 is 1.86 bits per heavy atom. The maximum Gasteiger partial charge on any atom is 0.412 e. The van der Waals surface area contributed by atoms with E-state index in [2.05, 4.69) is 15.6 Å². The van der Waals surface area contributed by atoms with Gasteiger partial charge in [0, 0.05) is 18.1 Å². The Bertz CT molecular complexity index is 1230. The fraction of sp³-hybridized carbons (Fsp3) is 0.227. The van der Waals surface area contributed by atoms with Crippen LogP contribution in [0.3, 0.4) is 0 Å². The molecule has 0 unspecified atom stereocenters. The standard InChI is InChI=1S/C22H18ClF5N4O3/c23-19-14(2-1-3-17(19)25)11-30-20(33)32(12-22(26,27)28)6-7-35-21(34)31-18-9-15-8-16(24)5-4-13(15)10-29-18/h1-5,8-10H,6-7,11-12H2,(H,30,33)(H,29,31,34). The first kappa shape index (κ1) is 25.9. The van der Waals surface area contributed by atoms with Crippen LogP contribution in [0.15, 0.2) is 48.7 Å². The lowest BCUT2D eigenvalue weighted by molar-refractivity contribution is -0.140. The minimum Gasteiger partial charge on any atom is -0.447 e. The Morgan fingerprint density at radius 3 is 2.60 bits per heavy atom. The Balaban J connectivity index is 1.55. The van der Waals surface area contributed by atoms with Crippen molar-refractivity contribution in [2.24, 2.45) is 0 Å². The van der Waals surface area contributed by atoms with Gasteiger partial charge in [0.2, 0.25) is 0 Å². The van der Waals surface area contributed by atoms with E-state index in [1.807, 2.05) is 0 Å². The Hall–Kier alpha value is -3.67. The quantitative estimate of drug-likeness (QED) is 0.407. The Kier molecular flexibility index (Phi) is 8.28. The summed E-state index contributed by atoms with van der Waals surface area (Å²) in [4.78, 5) is 28.6. The summed E-state index contributed by atoms with van der Waals surface area (Å²) in [6, 6.07) is 8.09. The SMILES string of the molecule is O=C(Nc1cc2cc(F)ccc2cn1)OCCN(CC(F)(F)F)C(=O)NCc1cccc(F)c1Cl. The number of nitrogens with one attached hydrogen (secondary N) is 2. The molecule has 13 heteroatoms. The number of anilines is 1. The predicted molar refractivity (Wildman–Crippen MR) is 118 cm³/mol. The molecule has 186 valence electrons. The maximum absolute atomic E-state index is 13.5. The number of pyridine rings is 1. The van der Waals surface area contributed by atoms with E-state index in [0.717, 1.165) is 6.07 Å². The number of hydrogen-bond donors (Lipinski definition) is 2. The second-order valence-corrected chi connectivity index (χ2v) is 7.61. The van der Waals surface area contributed by atoms with Crippen molar-refractivity contribution in [2.45, 2.75) is 12.7 Å². The van der Waals surface area contributed by atoms with E-state index in [9.17, 15) is 31.5 Å². The zero-order chi connectivity index (χ0) is 25.6. The summed E-state index contributed by atoms with van der Waals surface area (Å²) in [5.41, 5.74) is 0.172. The third kappa shape index (κ3) is 7.67. The highest BCUT2D eigenvalue weighted by molar-refractivity contribution is 6.31. The summed E-state index contributed by atoms with van der Waals surface area (Å²) in [5.74, 6) is -1.19. The molecule has 1 aromatic heterocycles. The Labute approximate surface area is 200 Å². The van der Waals surface area contributed by atoms with Crippen molar-refractivity contribution >= 4 is 40.3 Å². The first-order chi connectivity index (χ1) is 16.5. The van der Waals surface area contributed by atoms with Gasteiger partial charge in [-0.3, -0.25) is 5.32 Å². The van der Waals surface area contributed by atoms with Gasteiger partial charge in [0.05, 0.1) is 11.6 Å². The lowest BCUT2D eigenvalue weighted by Gasteiger charge is -2.24. The Morgan fingerprint density at radius 1 is 1.09 bits per heavy atom. The van der Waals surface area contributed by atoms with Crippen LogP contribution in [-0.2, 0) is 11.3 Å². The van der Waals surface area contributed by atoms with Crippen molar-refractivity contribution in [1.82, 2.24) is 15.2 Å². The van der Waals surface area contributed by atoms with Gasteiger partial charge in [-0.1, -0.05) is 23.7 Å². The van der Waals surface area contributed by atoms with Gasteiger partial charge in [-0.25, -0.2) is 23.4 Å². The van der Waals surface area contributed by atoms with Crippen molar-refractivity contribution in [3.8, 4) is 0 Å². The maximum atomic E-state index is 13.5. The highest BCUT2D eigenvalue weighted by Gasteiger charge is 2.33. The summed E-state index contributed by atoms with van der Waals surface area (Å²) in [5, 5.41) is 5.33. The number of carbonyl (C=O) groups excluding carboxylic acids is 2. The van der Waals surface area contributed by atoms with Gasteiger partial charge in [0.25, 0.3) is 0 Å². The van der Waals surface area contributed by atoms with E-state index in [-0.39, 0.29) is 22.9 Å². The average Bonchev–Trinajstić information content (AvgIpc) is 2.78. The third-order valence-corrected chi connectivity index (χ3v) is 5.05. The predicted octanol–water partition coefficient (Wildman–Crippen LogP) is 5.49. The van der Waals surface area contributed by atoms with Gasteiger partial charge < -0.3 is 15.0 Å². The van der Waals surface area contributed by atoms with Gasteiger partial charge in [0.1, 0.15) is 30.6 Å². The highest BCUT2D eigenvalue weighted by Crippen LogP contribution is 2.21. The van der Waals surface area contributed by atoms with Crippen LogP contribution in [0.4, 0.5) is 37.4 Å². The van der Waals surface area contributed by atoms with Gasteiger partial charge in [-0.05, 0) is 41.3 Å². The number of benzene rings is 2. The molecular weight excluding hydrogens is 499 g/mol. The average molecular weight is 517 g/mol. The van der Waals surface area contributed by atoms with E-state index in [1.165, 1.54) is 42.6 Å². The van der Waals surface area contributed by atoms with Crippen molar-refractivity contribution in [1.29, 1.82) is 0 Å². The first-order valence-electron chi connectivity index (χ1n) is 10.0. The lowest BCUT2D eigenvalue weighted by Crippen LogP contribution is -2.46. The van der Waals surface area contributed by atoms with Crippen LogP contribution in [0.1, 0.15) is 5.56 Å².